The van der Waals surface area contributed by atoms with Crippen molar-refractivity contribution in [2.75, 3.05) is 19.8 Å². The molecule has 19 nitrogen and oxygen atoms in total. The van der Waals surface area contributed by atoms with E-state index in [0.717, 1.165) is 33.4 Å². The molecule has 0 radical (unpaired) electrons. The summed E-state index contributed by atoms with van der Waals surface area (Å²) in [5.41, 5.74) is 6.06. The molecule has 0 fully saturated rings. The average molecular weight is 1140 g/mol. The molecule has 0 aliphatic heterocycles. The molecule has 10 unspecified atom stereocenters. The van der Waals surface area contributed by atoms with Gasteiger partial charge in [0.1, 0.15) is 55.9 Å². The molecule has 19 heteroatoms. The highest BCUT2D eigenvalue weighted by Gasteiger charge is 2.41. The number of esters is 4. The van der Waals surface area contributed by atoms with Crippen LogP contribution in [0.25, 0.3) is 0 Å². The zero-order valence-corrected chi connectivity index (χ0v) is 49.2. The summed E-state index contributed by atoms with van der Waals surface area (Å²) in [6.07, 6.45) is 9.27. The average Bonchev–Trinajstić information content (AvgIpc) is 3.45. The first-order valence-electron chi connectivity index (χ1n) is 27.0. The Bertz CT molecular complexity index is 2480. The molecule has 2 rings (SSSR count). The van der Waals surface area contributed by atoms with Crippen molar-refractivity contribution in [2.24, 2.45) is 10.8 Å². The third-order valence-corrected chi connectivity index (χ3v) is 13.7. The first-order valence-corrected chi connectivity index (χ1v) is 27.0. The Morgan fingerprint density at radius 2 is 0.914 bits per heavy atom. The van der Waals surface area contributed by atoms with Crippen LogP contribution in [0.3, 0.4) is 0 Å². The molecule has 9 N–H and O–H groups in total. The number of carbonyl (C=O) groups excluding carboxylic acids is 6. The zero-order valence-electron chi connectivity index (χ0n) is 49.2. The third kappa shape index (κ3) is 25.4. The lowest BCUT2D eigenvalue weighted by Gasteiger charge is -2.36. The molecule has 452 valence electrons. The predicted molar refractivity (Wildman–Crippen MR) is 305 cm³/mol. The summed E-state index contributed by atoms with van der Waals surface area (Å²) in [7, 11) is 0. The minimum atomic E-state index is -1.88. The molecule has 2 aliphatic carbocycles. The molecular weight excluding hydrogens is 1050 g/mol. The number of rotatable bonds is 29. The maximum atomic E-state index is 13.1. The summed E-state index contributed by atoms with van der Waals surface area (Å²) < 4.78 is 20.5. The SMILES string of the molecule is C/C=C(C)/C=C/C1=C(C)C(=O)C(OC(=O)CCC(=O)OCC(O)C(O)C(O)C(O)CC)CC1(C)C.C=C/C(C)=C/C=C/C=C(C)/C=C/C=C(C)/C=C/C1=C(C)C(=O)C(OC(=O)CCC(=O)OCC(O)C(O)C(O)C(O)CO)CC1(C)C. The number of aliphatic hydroxyl groups excluding tert-OH is 9. The van der Waals surface area contributed by atoms with Crippen molar-refractivity contribution in [1.29, 1.82) is 0 Å². The van der Waals surface area contributed by atoms with E-state index in [9.17, 15) is 69.6 Å². The molecule has 0 aromatic carbocycles. The van der Waals surface area contributed by atoms with E-state index in [4.69, 9.17) is 24.1 Å². The smallest absolute Gasteiger partial charge is 0.307 e. The van der Waals surface area contributed by atoms with Gasteiger partial charge in [-0.15, -0.1) is 0 Å². The van der Waals surface area contributed by atoms with E-state index >= 15 is 0 Å². The maximum absolute atomic E-state index is 13.1. The normalized spacial score (nSPS) is 21.3. The van der Waals surface area contributed by atoms with Gasteiger partial charge in [-0.25, -0.2) is 0 Å². The molecule has 10 atom stereocenters. The lowest BCUT2D eigenvalue weighted by atomic mass is 9.71. The van der Waals surface area contributed by atoms with Crippen molar-refractivity contribution in [3.05, 3.63) is 130 Å². The molecule has 0 spiro atoms. The van der Waals surface area contributed by atoms with Crippen molar-refractivity contribution in [3.8, 4) is 0 Å². The Morgan fingerprint density at radius 1 is 0.556 bits per heavy atom. The second-order valence-electron chi connectivity index (χ2n) is 21.5. The number of hydrogen-bond acceptors (Lipinski definition) is 19. The Morgan fingerprint density at radius 3 is 1.31 bits per heavy atom. The molecule has 0 aromatic rings. The van der Waals surface area contributed by atoms with Gasteiger partial charge in [-0.2, -0.15) is 0 Å². The summed E-state index contributed by atoms with van der Waals surface area (Å²) in [5.74, 6) is -3.79. The molecule has 0 heterocycles. The standard InChI is InChI=1S/C36H50O10.C26H40O9/c1-8-23(2)12-9-10-13-24(3)14-11-15-25(4)16-17-27-26(5)33(42)30(20-36(27,6)7)46-32(41)19-18-31(40)45-22-29(39)35(44)34(43)28(38)21-37;1-7-15(3)9-10-17-16(4)23(31)20(13-26(17,5)6)35-22(30)12-11-21(29)34-14-19(28)25(33)24(32)18(27)8-2/h8-17,28-30,34-35,37-39,43-44H,1,18-22H2,2-7H3;7,9-10,18-20,24-25,27-28,32-33H,8,11-14H2,1-6H3/b10-9+,14-11+,17-16+,23-12+,24-13+,25-15+;10-9+,15-7+. The van der Waals surface area contributed by atoms with E-state index in [1.807, 2.05) is 135 Å². The van der Waals surface area contributed by atoms with Crippen LogP contribution in [0.4, 0.5) is 0 Å². The van der Waals surface area contributed by atoms with Gasteiger partial charge in [-0.05, 0) is 88.0 Å². The second-order valence-corrected chi connectivity index (χ2v) is 21.5. The maximum Gasteiger partial charge on any atom is 0.307 e. The van der Waals surface area contributed by atoms with E-state index in [0.29, 0.717) is 17.6 Å². The van der Waals surface area contributed by atoms with Gasteiger partial charge in [0.25, 0.3) is 0 Å². The van der Waals surface area contributed by atoms with Crippen LogP contribution < -0.4 is 0 Å². The van der Waals surface area contributed by atoms with E-state index < -0.39 is 122 Å². The number of allylic oxidation sites excluding steroid dienone is 19. The fourth-order valence-electron chi connectivity index (χ4n) is 8.26. The summed E-state index contributed by atoms with van der Waals surface area (Å²) in [6.45, 7) is 24.2. The number of hydrogen-bond donors (Lipinski definition) is 9. The molecule has 0 amide bonds. The first kappa shape index (κ1) is 73.0. The predicted octanol–water partition coefficient (Wildman–Crippen LogP) is 5.58. The largest absolute Gasteiger partial charge is 0.463 e. The fourth-order valence-corrected chi connectivity index (χ4v) is 8.26. The van der Waals surface area contributed by atoms with Crippen molar-refractivity contribution in [3.63, 3.8) is 0 Å². The van der Waals surface area contributed by atoms with Gasteiger partial charge in [0.15, 0.2) is 23.8 Å². The molecule has 2 aliphatic rings. The summed E-state index contributed by atoms with van der Waals surface area (Å²) >= 11 is 0. The highest BCUT2D eigenvalue weighted by Crippen LogP contribution is 2.42. The number of aliphatic hydroxyl groups is 9. The first-order chi connectivity index (χ1) is 37.8. The van der Waals surface area contributed by atoms with E-state index in [2.05, 4.69) is 6.58 Å². The van der Waals surface area contributed by atoms with Crippen LogP contribution >= 0.6 is 0 Å². The Hall–Kier alpha value is -6.00. The number of carbonyl (C=O) groups is 6. The van der Waals surface area contributed by atoms with Crippen LogP contribution in [0.15, 0.2) is 130 Å². The van der Waals surface area contributed by atoms with Crippen LogP contribution in [0.5, 0.6) is 0 Å². The Labute approximate surface area is 477 Å². The van der Waals surface area contributed by atoms with Gasteiger partial charge in [0, 0.05) is 12.8 Å². The highest BCUT2D eigenvalue weighted by atomic mass is 16.6. The third-order valence-electron chi connectivity index (χ3n) is 13.7. The van der Waals surface area contributed by atoms with Crippen molar-refractivity contribution >= 4 is 35.4 Å². The van der Waals surface area contributed by atoms with Gasteiger partial charge in [0.05, 0.1) is 38.4 Å². The minimum Gasteiger partial charge on any atom is -0.463 e. The second kappa shape index (κ2) is 35.8. The molecule has 0 saturated heterocycles. The Balaban J connectivity index is 0.000000840. The molecule has 0 bridgehead atoms. The summed E-state index contributed by atoms with van der Waals surface area (Å²) in [6, 6.07) is 0. The van der Waals surface area contributed by atoms with Gasteiger partial charge >= 0.3 is 23.9 Å². The van der Waals surface area contributed by atoms with Crippen molar-refractivity contribution in [2.45, 2.75) is 189 Å². The van der Waals surface area contributed by atoms with E-state index in [-0.39, 0.29) is 43.7 Å². The fraction of sp³-hybridized carbons (Fsp3) is 0.548. The molecule has 81 heavy (non-hydrogen) atoms. The van der Waals surface area contributed by atoms with Gasteiger partial charge in [-0.1, -0.05) is 142 Å². The minimum absolute atomic E-state index is 0.163. The van der Waals surface area contributed by atoms with Crippen molar-refractivity contribution < 1.29 is 93.7 Å². The van der Waals surface area contributed by atoms with Crippen LogP contribution in [0, 0.1) is 10.8 Å². The quantitative estimate of drug-likeness (QED) is 0.0251. The van der Waals surface area contributed by atoms with Crippen LogP contribution in [0.1, 0.15) is 128 Å². The number of ether oxygens (including phenoxy) is 4. The lowest BCUT2D eigenvalue weighted by molar-refractivity contribution is -0.161. The van der Waals surface area contributed by atoms with Crippen molar-refractivity contribution in [1.82, 2.24) is 0 Å². The lowest BCUT2D eigenvalue weighted by Crippen LogP contribution is -2.47. The molecule has 0 aromatic heterocycles. The van der Waals surface area contributed by atoms with Gasteiger partial charge < -0.3 is 64.9 Å². The summed E-state index contributed by atoms with van der Waals surface area (Å²) in [5, 5.41) is 86.3. The highest BCUT2D eigenvalue weighted by molar-refractivity contribution is 6.02. The monoisotopic (exact) mass is 1140 g/mol. The number of Topliss-reactive ketones (excluding diaryl/α,β-unsaturated/α-hetero) is 2. The van der Waals surface area contributed by atoms with E-state index in [1.54, 1.807) is 26.8 Å². The Kier molecular flexibility index (Phi) is 32.2. The van der Waals surface area contributed by atoms with Crippen LogP contribution in [-0.4, -0.2) is 162 Å². The van der Waals surface area contributed by atoms with Crippen LogP contribution in [-0.2, 0) is 47.7 Å². The van der Waals surface area contributed by atoms with Crippen LogP contribution in [0.2, 0.25) is 0 Å². The zero-order chi connectivity index (χ0) is 61.9. The van der Waals surface area contributed by atoms with E-state index in [1.165, 1.54) is 0 Å². The topological polar surface area (TPSA) is 321 Å². The number of ketones is 2. The molecule has 0 saturated carbocycles. The van der Waals surface area contributed by atoms with Gasteiger partial charge in [-0.3, -0.25) is 28.8 Å². The summed E-state index contributed by atoms with van der Waals surface area (Å²) in [4.78, 5) is 74.6. The van der Waals surface area contributed by atoms with Gasteiger partial charge in [0.2, 0.25) is 0 Å². The molecular formula is C62H90O19.